The van der Waals surface area contributed by atoms with Gasteiger partial charge in [0, 0.05) is 0 Å². The molecule has 0 aliphatic heterocycles. The zero-order valence-electron chi connectivity index (χ0n) is 9.96. The van der Waals surface area contributed by atoms with Crippen LogP contribution in [0.1, 0.15) is 13.3 Å². The molecular weight excluding hydrogens is 355 g/mol. The van der Waals surface area contributed by atoms with Crippen LogP contribution in [0.15, 0.2) is 0 Å². The predicted molar refractivity (Wildman–Crippen MR) is 50.1 cm³/mol. The van der Waals surface area contributed by atoms with E-state index in [1.165, 1.54) is 28.4 Å². The summed E-state index contributed by atoms with van der Waals surface area (Å²) in [6, 6.07) is 0. The Kier molecular flexibility index (Phi) is 4.47. The zero-order chi connectivity index (χ0) is 11.4. The molecule has 0 atom stereocenters. The molecule has 0 aliphatic carbocycles. The molecule has 14 heavy (non-hydrogen) atoms. The molecule has 0 bridgehead atoms. The van der Waals surface area contributed by atoms with Crippen molar-refractivity contribution in [1.29, 1.82) is 0 Å². The van der Waals surface area contributed by atoms with E-state index in [1.807, 2.05) is 6.92 Å². The quantitative estimate of drug-likeness (QED) is 0.635. The topological polar surface area (TPSA) is 46.2 Å². The molecule has 0 saturated heterocycles. The normalized spacial score (nSPS) is 17.6. The molecule has 0 aliphatic rings. The van der Waals surface area contributed by atoms with Gasteiger partial charge in [-0.15, -0.1) is 0 Å². The molecular formula is C8H22HfO5. The van der Waals surface area contributed by atoms with Crippen LogP contribution in [0, 0.1) is 0 Å². The maximum absolute atomic E-state index is 5.67. The fraction of sp³-hybridized carbons (Fsp3) is 1.00. The van der Waals surface area contributed by atoms with Gasteiger partial charge < -0.3 is 0 Å². The van der Waals surface area contributed by atoms with Crippen molar-refractivity contribution >= 4 is 0 Å². The van der Waals surface area contributed by atoms with Gasteiger partial charge in [0.25, 0.3) is 0 Å². The second-order valence-electron chi connectivity index (χ2n) is 3.52. The van der Waals surface area contributed by atoms with E-state index < -0.39 is 19.2 Å². The molecule has 0 rings (SSSR count). The van der Waals surface area contributed by atoms with Crippen molar-refractivity contribution < 1.29 is 33.5 Å². The van der Waals surface area contributed by atoms with Crippen LogP contribution in [-0.4, -0.2) is 35.0 Å². The summed E-state index contributed by atoms with van der Waals surface area (Å²) in [6.07, 6.45) is 0.836. The average Bonchev–Trinajstić information content (AvgIpc) is 2.28. The van der Waals surface area contributed by atoms with Crippen molar-refractivity contribution in [3.8, 4) is 0 Å². The van der Waals surface area contributed by atoms with Crippen molar-refractivity contribution in [3.05, 3.63) is 0 Å². The van der Waals surface area contributed by atoms with E-state index in [2.05, 4.69) is 0 Å². The Morgan fingerprint density at radius 2 is 1.21 bits per heavy atom. The van der Waals surface area contributed by atoms with Crippen molar-refractivity contribution in [1.82, 2.24) is 0 Å². The van der Waals surface area contributed by atoms with E-state index in [4.69, 9.17) is 14.3 Å². The summed E-state index contributed by atoms with van der Waals surface area (Å²) in [4.78, 5) is 0. The van der Waals surface area contributed by atoms with E-state index in [1.54, 1.807) is 4.68 Å². The van der Waals surface area contributed by atoms with Crippen LogP contribution >= 0.6 is 0 Å². The van der Waals surface area contributed by atoms with Gasteiger partial charge in [-0.25, -0.2) is 0 Å². The van der Waals surface area contributed by atoms with Crippen LogP contribution in [0.3, 0.4) is 0 Å². The van der Waals surface area contributed by atoms with E-state index in [-0.39, 0.29) is 0 Å². The molecule has 0 amide bonds. The molecule has 0 N–H and O–H groups in total. The molecule has 0 radical (unpaired) electrons. The van der Waals surface area contributed by atoms with Gasteiger partial charge in [0.2, 0.25) is 0 Å². The summed E-state index contributed by atoms with van der Waals surface area (Å²) in [7, 11) is 5.92. The molecule has 0 fully saturated rings. The van der Waals surface area contributed by atoms with E-state index in [0.29, 0.717) is 6.61 Å². The summed E-state index contributed by atoms with van der Waals surface area (Å²) >= 11 is -5.34. The van der Waals surface area contributed by atoms with Crippen LogP contribution < -0.4 is 0 Å². The Labute approximate surface area is 86.6 Å². The second-order valence-corrected chi connectivity index (χ2v) is 23.7. The van der Waals surface area contributed by atoms with E-state index in [9.17, 15) is 0 Å². The number of hydrogen-bond donors (Lipinski definition) is 0. The summed E-state index contributed by atoms with van der Waals surface area (Å²) in [5.74, 6) is 0. The fourth-order valence-electron chi connectivity index (χ4n) is 1.11. The SMILES string of the molecule is CCC[O][Hf]([CH3])([O]C)([O]C)([O]C)[O]C. The molecule has 0 aromatic carbocycles. The van der Waals surface area contributed by atoms with Gasteiger partial charge in [-0.1, -0.05) is 0 Å². The molecule has 6 heteroatoms. The molecule has 0 spiro atoms. The van der Waals surface area contributed by atoms with Crippen LogP contribution in [-0.2, 0) is 33.5 Å². The van der Waals surface area contributed by atoms with Gasteiger partial charge in [-0.05, 0) is 0 Å². The Balaban J connectivity index is 5.15. The first kappa shape index (κ1) is 14.7. The Morgan fingerprint density at radius 3 is 1.43 bits per heavy atom. The van der Waals surface area contributed by atoms with Gasteiger partial charge in [-0.2, -0.15) is 0 Å². The second kappa shape index (κ2) is 4.27. The molecule has 0 heterocycles. The summed E-state index contributed by atoms with van der Waals surface area (Å²) in [6.45, 7) is 2.46. The molecule has 0 aromatic rings. The monoisotopic (exact) mass is 378 g/mol. The third-order valence-electron chi connectivity index (χ3n) is 2.84. The fourth-order valence-corrected chi connectivity index (χ4v) is 9.06. The van der Waals surface area contributed by atoms with Gasteiger partial charge in [-0.3, -0.25) is 0 Å². The van der Waals surface area contributed by atoms with Crippen molar-refractivity contribution in [2.45, 2.75) is 18.0 Å². The van der Waals surface area contributed by atoms with Gasteiger partial charge in [0.05, 0.1) is 0 Å². The van der Waals surface area contributed by atoms with Gasteiger partial charge in [0.1, 0.15) is 0 Å². The summed E-state index contributed by atoms with van der Waals surface area (Å²) in [5, 5.41) is 0. The van der Waals surface area contributed by atoms with Crippen LogP contribution in [0.2, 0.25) is 4.68 Å². The van der Waals surface area contributed by atoms with Crippen LogP contribution in [0.5, 0.6) is 0 Å². The molecule has 5 nitrogen and oxygen atoms in total. The third kappa shape index (κ3) is 2.25. The predicted octanol–water partition coefficient (Wildman–Crippen LogP) is 1.85. The maximum atomic E-state index is 5.67. The van der Waals surface area contributed by atoms with Crippen molar-refractivity contribution in [2.75, 3.05) is 35.0 Å². The zero-order valence-corrected chi connectivity index (χ0v) is 13.5. The van der Waals surface area contributed by atoms with Crippen molar-refractivity contribution in [3.63, 3.8) is 0 Å². The molecule has 0 unspecified atom stereocenters. The Morgan fingerprint density at radius 1 is 0.857 bits per heavy atom. The number of rotatable bonds is 7. The first-order valence-corrected chi connectivity index (χ1v) is 15.6. The van der Waals surface area contributed by atoms with Gasteiger partial charge in [0.15, 0.2) is 0 Å². The Bertz CT molecular complexity index is 174. The number of hydrogen-bond acceptors (Lipinski definition) is 5. The van der Waals surface area contributed by atoms with Crippen LogP contribution in [0.4, 0.5) is 0 Å². The first-order valence-electron chi connectivity index (χ1n) is 4.65. The standard InChI is InChI=1S/C3H7O.4CH3O.CH3.Hf/c1-2-3-4;4*1-2;;/h2-3H2,1H3;4*1H3;1H3;/q5*-1;;+5. The average molecular weight is 377 g/mol. The molecule has 0 aromatic heterocycles. The van der Waals surface area contributed by atoms with Crippen molar-refractivity contribution in [2.24, 2.45) is 0 Å². The third-order valence-corrected chi connectivity index (χ3v) is 21.7. The summed E-state index contributed by atoms with van der Waals surface area (Å²) < 4.78 is 28.9. The van der Waals surface area contributed by atoms with Crippen LogP contribution in [0.25, 0.3) is 0 Å². The Hall–Kier alpha value is 0.670. The minimum absolute atomic E-state index is 0.473. The minimum atomic E-state index is -5.34. The first-order chi connectivity index (χ1) is 6.39. The molecule has 0 saturated carbocycles. The van der Waals surface area contributed by atoms with E-state index >= 15 is 0 Å². The van der Waals surface area contributed by atoms with E-state index in [0.717, 1.165) is 6.42 Å². The molecule has 88 valence electrons. The van der Waals surface area contributed by atoms with Gasteiger partial charge >= 0.3 is 86.6 Å². The summed E-state index contributed by atoms with van der Waals surface area (Å²) in [5.41, 5.74) is 0.